The Morgan fingerprint density at radius 1 is 1.28 bits per heavy atom. The minimum absolute atomic E-state index is 0.0668. The third-order valence-corrected chi connectivity index (χ3v) is 3.77. The first-order chi connectivity index (χ1) is 8.58. The predicted molar refractivity (Wildman–Crippen MR) is 69.9 cm³/mol. The van der Waals surface area contributed by atoms with Crippen molar-refractivity contribution >= 4 is 5.69 Å². The Bertz CT molecular complexity index is 563. The minimum Gasteiger partial charge on any atom is -0.399 e. The van der Waals surface area contributed by atoms with Crippen molar-refractivity contribution in [1.82, 2.24) is 20.2 Å². The number of nitrogens with zero attached hydrogens (tertiary/aromatic N) is 4. The van der Waals surface area contributed by atoms with Crippen molar-refractivity contribution in [3.63, 3.8) is 0 Å². The first-order valence-electron chi connectivity index (χ1n) is 6.25. The number of aromatic nitrogens is 4. The van der Waals surface area contributed by atoms with Crippen LogP contribution in [0, 0.1) is 6.92 Å². The molecule has 1 aliphatic carbocycles. The van der Waals surface area contributed by atoms with Crippen LogP contribution in [0.1, 0.15) is 31.7 Å². The van der Waals surface area contributed by atoms with Crippen LogP contribution in [0.2, 0.25) is 0 Å². The summed E-state index contributed by atoms with van der Waals surface area (Å²) in [5.74, 6) is 0.813. The van der Waals surface area contributed by atoms with Gasteiger partial charge in [-0.2, -0.15) is 0 Å². The van der Waals surface area contributed by atoms with Crippen molar-refractivity contribution < 1.29 is 0 Å². The average molecular weight is 243 g/mol. The second-order valence-corrected chi connectivity index (χ2v) is 5.40. The lowest BCUT2D eigenvalue weighted by atomic mass is 9.78. The molecule has 1 heterocycles. The molecule has 0 amide bonds. The third-order valence-electron chi connectivity index (χ3n) is 3.77. The number of nitrogens with two attached hydrogens (primary N) is 1. The maximum Gasteiger partial charge on any atom is 0.182 e. The first kappa shape index (κ1) is 11.2. The van der Waals surface area contributed by atoms with Crippen molar-refractivity contribution in [2.45, 2.75) is 38.6 Å². The van der Waals surface area contributed by atoms with E-state index in [1.54, 1.807) is 0 Å². The van der Waals surface area contributed by atoms with E-state index in [0.717, 1.165) is 35.5 Å². The van der Waals surface area contributed by atoms with E-state index in [4.69, 9.17) is 5.73 Å². The molecule has 0 atom stereocenters. The van der Waals surface area contributed by atoms with E-state index >= 15 is 0 Å². The van der Waals surface area contributed by atoms with Crippen molar-refractivity contribution in [1.29, 1.82) is 0 Å². The minimum atomic E-state index is 0.0668. The zero-order valence-corrected chi connectivity index (χ0v) is 10.7. The molecule has 1 fully saturated rings. The van der Waals surface area contributed by atoms with Gasteiger partial charge in [0.2, 0.25) is 0 Å². The summed E-state index contributed by atoms with van der Waals surface area (Å²) in [6.45, 7) is 4.23. The fourth-order valence-corrected chi connectivity index (χ4v) is 2.57. The number of tetrazole rings is 1. The molecule has 18 heavy (non-hydrogen) atoms. The summed E-state index contributed by atoms with van der Waals surface area (Å²) in [5, 5.41) is 12.2. The van der Waals surface area contributed by atoms with Crippen molar-refractivity contribution in [2.75, 3.05) is 5.73 Å². The van der Waals surface area contributed by atoms with E-state index in [2.05, 4.69) is 28.5 Å². The molecule has 0 bridgehead atoms. The summed E-state index contributed by atoms with van der Waals surface area (Å²) in [6.07, 6.45) is 3.50. The Labute approximate surface area is 106 Å². The van der Waals surface area contributed by atoms with Gasteiger partial charge in [0, 0.05) is 11.3 Å². The van der Waals surface area contributed by atoms with E-state index in [-0.39, 0.29) is 5.54 Å². The molecule has 5 nitrogen and oxygen atoms in total. The van der Waals surface area contributed by atoms with Gasteiger partial charge in [-0.3, -0.25) is 0 Å². The van der Waals surface area contributed by atoms with E-state index in [9.17, 15) is 0 Å². The lowest BCUT2D eigenvalue weighted by Gasteiger charge is -2.38. The summed E-state index contributed by atoms with van der Waals surface area (Å²) < 4.78 is 1.95. The molecule has 5 heteroatoms. The Morgan fingerprint density at radius 2 is 2.06 bits per heavy atom. The highest BCUT2D eigenvalue weighted by Crippen LogP contribution is 2.40. The van der Waals surface area contributed by atoms with Gasteiger partial charge in [-0.1, -0.05) is 0 Å². The highest BCUT2D eigenvalue weighted by molar-refractivity contribution is 5.62. The fraction of sp³-hybridized carbons (Fsp3) is 0.462. The largest absolute Gasteiger partial charge is 0.399 e. The van der Waals surface area contributed by atoms with Gasteiger partial charge in [-0.15, -0.1) is 5.10 Å². The van der Waals surface area contributed by atoms with Gasteiger partial charge < -0.3 is 5.73 Å². The van der Waals surface area contributed by atoms with Crippen molar-refractivity contribution in [3.8, 4) is 11.4 Å². The number of anilines is 1. The van der Waals surface area contributed by atoms with Gasteiger partial charge in [0.25, 0.3) is 0 Å². The highest BCUT2D eigenvalue weighted by Gasteiger charge is 2.37. The van der Waals surface area contributed by atoms with E-state index in [0.29, 0.717) is 0 Å². The molecule has 1 aromatic heterocycles. The average Bonchev–Trinajstić information content (AvgIpc) is 2.73. The molecule has 1 aromatic carbocycles. The fourth-order valence-electron chi connectivity index (χ4n) is 2.57. The smallest absolute Gasteiger partial charge is 0.182 e. The molecule has 1 saturated carbocycles. The molecular weight excluding hydrogens is 226 g/mol. The first-order valence-corrected chi connectivity index (χ1v) is 6.25. The second kappa shape index (κ2) is 3.80. The number of nitrogen functional groups attached to an aromatic ring is 1. The zero-order chi connectivity index (χ0) is 12.8. The van der Waals surface area contributed by atoms with Gasteiger partial charge in [-0.25, -0.2) is 4.68 Å². The molecule has 0 saturated heterocycles. The van der Waals surface area contributed by atoms with Crippen LogP contribution in [0.15, 0.2) is 18.2 Å². The number of rotatable bonds is 2. The van der Waals surface area contributed by atoms with Crippen molar-refractivity contribution in [3.05, 3.63) is 23.8 Å². The molecule has 2 aromatic rings. The van der Waals surface area contributed by atoms with E-state index in [1.807, 2.05) is 23.7 Å². The molecule has 2 N–H and O–H groups in total. The van der Waals surface area contributed by atoms with Crippen LogP contribution in [-0.4, -0.2) is 20.2 Å². The molecular formula is C13H17N5. The lowest BCUT2D eigenvalue weighted by Crippen LogP contribution is -2.38. The predicted octanol–water partition coefficient (Wildman–Crippen LogP) is 2.13. The van der Waals surface area contributed by atoms with Crippen LogP contribution in [-0.2, 0) is 5.54 Å². The van der Waals surface area contributed by atoms with Crippen LogP contribution in [0.5, 0.6) is 0 Å². The monoisotopic (exact) mass is 243 g/mol. The standard InChI is InChI=1S/C13H17N5/c1-9-6-10(8-11(14)7-9)12-15-16-17-18(12)13(2)4-3-5-13/h6-8H,3-5,14H2,1-2H3. The molecule has 0 radical (unpaired) electrons. The van der Waals surface area contributed by atoms with Gasteiger partial charge >= 0.3 is 0 Å². The molecule has 1 aliphatic rings. The van der Waals surface area contributed by atoms with Gasteiger partial charge in [0.05, 0.1) is 5.54 Å². The maximum atomic E-state index is 5.89. The molecule has 94 valence electrons. The third kappa shape index (κ3) is 1.66. The van der Waals surface area contributed by atoms with Gasteiger partial charge in [0.1, 0.15) is 0 Å². The topological polar surface area (TPSA) is 69.6 Å². The Morgan fingerprint density at radius 3 is 2.67 bits per heavy atom. The molecule has 0 spiro atoms. The van der Waals surface area contributed by atoms with Crippen LogP contribution in [0.3, 0.4) is 0 Å². The second-order valence-electron chi connectivity index (χ2n) is 5.40. The SMILES string of the molecule is Cc1cc(N)cc(-c2nnnn2C2(C)CCC2)c1. The summed E-state index contributed by atoms with van der Waals surface area (Å²) in [6, 6.07) is 5.94. The number of aryl methyl sites for hydroxylation is 1. The summed E-state index contributed by atoms with van der Waals surface area (Å²) in [7, 11) is 0. The molecule has 0 aliphatic heterocycles. The Balaban J connectivity index is 2.09. The van der Waals surface area contributed by atoms with Crippen LogP contribution >= 0.6 is 0 Å². The zero-order valence-electron chi connectivity index (χ0n) is 10.7. The maximum absolute atomic E-state index is 5.89. The normalized spacial score (nSPS) is 17.4. The van der Waals surface area contributed by atoms with Crippen LogP contribution < -0.4 is 5.73 Å². The molecule has 3 rings (SSSR count). The number of hydrogen-bond donors (Lipinski definition) is 1. The summed E-state index contributed by atoms with van der Waals surface area (Å²) >= 11 is 0. The van der Waals surface area contributed by atoms with Crippen LogP contribution in [0.25, 0.3) is 11.4 Å². The molecule has 0 unspecified atom stereocenters. The highest BCUT2D eigenvalue weighted by atomic mass is 15.6. The van der Waals surface area contributed by atoms with Gasteiger partial charge in [0.15, 0.2) is 5.82 Å². The van der Waals surface area contributed by atoms with Crippen molar-refractivity contribution in [2.24, 2.45) is 0 Å². The lowest BCUT2D eigenvalue weighted by molar-refractivity contribution is 0.148. The van der Waals surface area contributed by atoms with Crippen LogP contribution in [0.4, 0.5) is 5.69 Å². The number of hydrogen-bond acceptors (Lipinski definition) is 4. The summed E-state index contributed by atoms with van der Waals surface area (Å²) in [4.78, 5) is 0. The Kier molecular flexibility index (Phi) is 2.36. The Hall–Kier alpha value is -1.91. The van der Waals surface area contributed by atoms with E-state index in [1.165, 1.54) is 6.42 Å². The quantitative estimate of drug-likeness (QED) is 0.820. The number of benzene rings is 1. The van der Waals surface area contributed by atoms with E-state index < -0.39 is 0 Å². The van der Waals surface area contributed by atoms with Gasteiger partial charge in [-0.05, 0) is 67.3 Å². The summed E-state index contributed by atoms with van der Waals surface area (Å²) in [5.41, 5.74) is 8.82.